The molecule has 1 atom stereocenters. The number of carbonyl (C=O) groups is 1. The third-order valence-electron chi connectivity index (χ3n) is 2.75. The highest BCUT2D eigenvalue weighted by Crippen LogP contribution is 2.15. The summed E-state index contributed by atoms with van der Waals surface area (Å²) in [5, 5.41) is 2.87. The topological polar surface area (TPSA) is 41.6 Å². The number of amides is 1. The van der Waals surface area contributed by atoms with E-state index in [0.29, 0.717) is 6.54 Å². The summed E-state index contributed by atoms with van der Waals surface area (Å²) in [6, 6.07) is 5.98. The van der Waals surface area contributed by atoms with Gasteiger partial charge < -0.3 is 15.0 Å². The van der Waals surface area contributed by atoms with Crippen LogP contribution in [-0.4, -0.2) is 37.6 Å². The largest absolute Gasteiger partial charge is 0.435 e. The lowest BCUT2D eigenvalue weighted by Crippen LogP contribution is -2.41. The number of halogens is 2. The predicted octanol–water partition coefficient (Wildman–Crippen LogP) is 1.85. The van der Waals surface area contributed by atoms with E-state index in [2.05, 4.69) is 10.1 Å². The van der Waals surface area contributed by atoms with Crippen molar-refractivity contribution in [2.75, 3.05) is 14.1 Å². The van der Waals surface area contributed by atoms with E-state index in [1.54, 1.807) is 38.1 Å². The molecule has 1 rings (SSSR count). The molecule has 1 N–H and O–H groups in total. The summed E-state index contributed by atoms with van der Waals surface area (Å²) in [5.74, 6) is 0.0757. The van der Waals surface area contributed by atoms with Crippen LogP contribution in [0.25, 0.3) is 0 Å². The second-order valence-corrected chi connectivity index (χ2v) is 4.23. The van der Waals surface area contributed by atoms with Crippen LogP contribution in [0.1, 0.15) is 12.5 Å². The fourth-order valence-corrected chi connectivity index (χ4v) is 1.58. The standard InChI is InChI=1S/C13H18F2N2O2/c1-9(16-2)12(18)17(3)8-10-4-6-11(7-5-10)19-13(14)15/h4-7,9,13,16H,8H2,1-3H3. The zero-order valence-electron chi connectivity index (χ0n) is 11.2. The lowest BCUT2D eigenvalue weighted by atomic mass is 10.2. The quantitative estimate of drug-likeness (QED) is 0.859. The van der Waals surface area contributed by atoms with E-state index >= 15 is 0 Å². The van der Waals surface area contributed by atoms with Crippen LogP contribution in [0.2, 0.25) is 0 Å². The minimum atomic E-state index is -2.83. The van der Waals surface area contributed by atoms with Crippen molar-refractivity contribution >= 4 is 5.91 Å². The van der Waals surface area contributed by atoms with Crippen molar-refractivity contribution in [2.24, 2.45) is 0 Å². The molecule has 19 heavy (non-hydrogen) atoms. The van der Waals surface area contributed by atoms with Gasteiger partial charge in [-0.05, 0) is 31.7 Å². The number of hydrogen-bond acceptors (Lipinski definition) is 3. The molecule has 0 aliphatic rings. The maximum absolute atomic E-state index is 12.0. The molecule has 106 valence electrons. The molecule has 4 nitrogen and oxygen atoms in total. The van der Waals surface area contributed by atoms with Gasteiger partial charge in [0.2, 0.25) is 5.91 Å². The van der Waals surface area contributed by atoms with E-state index in [-0.39, 0.29) is 17.7 Å². The first-order valence-corrected chi connectivity index (χ1v) is 5.90. The zero-order valence-corrected chi connectivity index (χ0v) is 11.2. The summed E-state index contributed by atoms with van der Waals surface area (Å²) in [5.41, 5.74) is 0.848. The Morgan fingerprint density at radius 3 is 2.42 bits per heavy atom. The second kappa shape index (κ2) is 7.04. The number of likely N-dealkylation sites (N-methyl/N-ethyl adjacent to an activating group) is 2. The molecular weight excluding hydrogens is 254 g/mol. The van der Waals surface area contributed by atoms with Gasteiger partial charge in [0.05, 0.1) is 6.04 Å². The average Bonchev–Trinajstić information content (AvgIpc) is 2.38. The molecular formula is C13H18F2N2O2. The number of ether oxygens (including phenoxy) is 1. The van der Waals surface area contributed by atoms with Gasteiger partial charge in [0.15, 0.2) is 0 Å². The van der Waals surface area contributed by atoms with Crippen molar-refractivity contribution in [2.45, 2.75) is 26.1 Å². The molecule has 6 heteroatoms. The van der Waals surface area contributed by atoms with Gasteiger partial charge in [-0.25, -0.2) is 0 Å². The zero-order chi connectivity index (χ0) is 14.4. The highest BCUT2D eigenvalue weighted by molar-refractivity contribution is 5.81. The van der Waals surface area contributed by atoms with E-state index < -0.39 is 6.61 Å². The van der Waals surface area contributed by atoms with Crippen LogP contribution in [0.5, 0.6) is 5.75 Å². The van der Waals surface area contributed by atoms with E-state index in [9.17, 15) is 13.6 Å². The van der Waals surface area contributed by atoms with Crippen LogP contribution >= 0.6 is 0 Å². The maximum Gasteiger partial charge on any atom is 0.387 e. The summed E-state index contributed by atoms with van der Waals surface area (Å²) in [4.78, 5) is 13.4. The molecule has 0 fully saturated rings. The van der Waals surface area contributed by atoms with Crippen molar-refractivity contribution in [1.29, 1.82) is 0 Å². The highest BCUT2D eigenvalue weighted by Gasteiger charge is 2.15. The number of alkyl halides is 2. The van der Waals surface area contributed by atoms with Gasteiger partial charge in [-0.2, -0.15) is 8.78 Å². The van der Waals surface area contributed by atoms with Crippen LogP contribution in [0.15, 0.2) is 24.3 Å². The van der Waals surface area contributed by atoms with Crippen molar-refractivity contribution in [3.8, 4) is 5.75 Å². The fourth-order valence-electron chi connectivity index (χ4n) is 1.58. The number of nitrogens with zero attached hydrogens (tertiary/aromatic N) is 1. The summed E-state index contributed by atoms with van der Waals surface area (Å²) in [6.07, 6.45) is 0. The molecule has 0 spiro atoms. The Bertz CT molecular complexity index is 410. The SMILES string of the molecule is CNC(C)C(=O)N(C)Cc1ccc(OC(F)F)cc1. The van der Waals surface area contributed by atoms with Gasteiger partial charge in [0.1, 0.15) is 5.75 Å². The van der Waals surface area contributed by atoms with Crippen molar-refractivity contribution in [3.63, 3.8) is 0 Å². The molecule has 0 saturated carbocycles. The number of nitrogens with one attached hydrogen (secondary N) is 1. The van der Waals surface area contributed by atoms with Crippen LogP contribution in [0.3, 0.4) is 0 Å². The van der Waals surface area contributed by atoms with E-state index in [4.69, 9.17) is 0 Å². The number of benzene rings is 1. The van der Waals surface area contributed by atoms with Gasteiger partial charge in [-0.15, -0.1) is 0 Å². The van der Waals surface area contributed by atoms with E-state index in [1.165, 1.54) is 12.1 Å². The average molecular weight is 272 g/mol. The van der Waals surface area contributed by atoms with Crippen LogP contribution < -0.4 is 10.1 Å². The summed E-state index contributed by atoms with van der Waals surface area (Å²) in [6.45, 7) is -0.635. The Kier molecular flexibility index (Phi) is 5.69. The first-order chi connectivity index (χ1) is 8.93. The molecule has 1 aromatic rings. The predicted molar refractivity (Wildman–Crippen MR) is 68.1 cm³/mol. The Labute approximate surface area is 111 Å². The van der Waals surface area contributed by atoms with Crippen molar-refractivity contribution in [1.82, 2.24) is 10.2 Å². The van der Waals surface area contributed by atoms with Gasteiger partial charge in [-0.1, -0.05) is 12.1 Å². The molecule has 0 aliphatic heterocycles. The normalized spacial score (nSPS) is 12.3. The Morgan fingerprint density at radius 2 is 1.95 bits per heavy atom. The second-order valence-electron chi connectivity index (χ2n) is 4.23. The molecule has 0 aromatic heterocycles. The molecule has 0 saturated heterocycles. The van der Waals surface area contributed by atoms with Crippen LogP contribution in [0.4, 0.5) is 8.78 Å². The molecule has 0 bridgehead atoms. The molecule has 1 unspecified atom stereocenters. The van der Waals surface area contributed by atoms with Gasteiger partial charge in [-0.3, -0.25) is 4.79 Å². The monoisotopic (exact) mass is 272 g/mol. The summed E-state index contributed by atoms with van der Waals surface area (Å²) >= 11 is 0. The molecule has 0 radical (unpaired) electrons. The van der Waals surface area contributed by atoms with E-state index in [1.807, 2.05) is 0 Å². The summed E-state index contributed by atoms with van der Waals surface area (Å²) in [7, 11) is 3.41. The van der Waals surface area contributed by atoms with Crippen molar-refractivity contribution < 1.29 is 18.3 Å². The molecule has 0 aliphatic carbocycles. The highest BCUT2D eigenvalue weighted by atomic mass is 19.3. The lowest BCUT2D eigenvalue weighted by molar-refractivity contribution is -0.132. The third-order valence-corrected chi connectivity index (χ3v) is 2.75. The Morgan fingerprint density at radius 1 is 1.37 bits per heavy atom. The first-order valence-electron chi connectivity index (χ1n) is 5.90. The van der Waals surface area contributed by atoms with Crippen LogP contribution in [-0.2, 0) is 11.3 Å². The van der Waals surface area contributed by atoms with Crippen molar-refractivity contribution in [3.05, 3.63) is 29.8 Å². The van der Waals surface area contributed by atoms with Gasteiger partial charge in [0, 0.05) is 13.6 Å². The number of carbonyl (C=O) groups excluding carboxylic acids is 1. The lowest BCUT2D eigenvalue weighted by Gasteiger charge is -2.21. The Balaban J connectivity index is 2.60. The number of hydrogen-bond donors (Lipinski definition) is 1. The summed E-state index contributed by atoms with van der Waals surface area (Å²) < 4.78 is 28.2. The fraction of sp³-hybridized carbons (Fsp3) is 0.462. The van der Waals surface area contributed by atoms with E-state index in [0.717, 1.165) is 5.56 Å². The van der Waals surface area contributed by atoms with Gasteiger partial charge in [0.25, 0.3) is 0 Å². The number of rotatable bonds is 6. The molecule has 1 amide bonds. The molecule has 1 aromatic carbocycles. The first kappa shape index (κ1) is 15.4. The minimum Gasteiger partial charge on any atom is -0.435 e. The van der Waals surface area contributed by atoms with Crippen LogP contribution in [0, 0.1) is 0 Å². The third kappa shape index (κ3) is 4.82. The minimum absolute atomic E-state index is 0.0320. The maximum atomic E-state index is 12.0. The van der Waals surface area contributed by atoms with Gasteiger partial charge >= 0.3 is 6.61 Å². The smallest absolute Gasteiger partial charge is 0.387 e. The Hall–Kier alpha value is -1.69. The molecule has 0 heterocycles.